The molecule has 1 fully saturated rings. The number of likely N-dealkylation sites (tertiary alicyclic amines) is 1. The van der Waals surface area contributed by atoms with Crippen molar-refractivity contribution in [1.29, 1.82) is 0 Å². The number of nitrogens with zero attached hydrogens (tertiary/aromatic N) is 4. The summed E-state index contributed by atoms with van der Waals surface area (Å²) in [5.74, 6) is 0. The number of piperidine rings is 1. The van der Waals surface area contributed by atoms with Crippen LogP contribution in [-0.2, 0) is 5.54 Å². The molecular weight excluding hydrogens is 324 g/mol. The van der Waals surface area contributed by atoms with Crippen LogP contribution < -0.4 is 10.6 Å². The molecule has 0 aliphatic carbocycles. The number of carbonyl (C=O) groups is 1. The van der Waals surface area contributed by atoms with E-state index in [-0.39, 0.29) is 11.6 Å². The molecule has 2 N–H and O–H groups in total. The van der Waals surface area contributed by atoms with Crippen LogP contribution in [0.15, 0.2) is 24.0 Å². The molecule has 0 radical (unpaired) electrons. The van der Waals surface area contributed by atoms with Gasteiger partial charge in [-0.25, -0.2) is 9.78 Å². The number of aromatic nitrogens is 3. The van der Waals surface area contributed by atoms with Crippen LogP contribution in [0.2, 0.25) is 0 Å². The molecule has 8 heteroatoms. The lowest BCUT2D eigenvalue weighted by Gasteiger charge is -2.32. The van der Waals surface area contributed by atoms with Gasteiger partial charge in [0.05, 0.1) is 17.4 Å². The van der Waals surface area contributed by atoms with E-state index in [0.29, 0.717) is 6.04 Å². The quantitative estimate of drug-likeness (QED) is 0.893. The van der Waals surface area contributed by atoms with E-state index in [1.807, 2.05) is 21.2 Å². The Morgan fingerprint density at radius 1 is 1.33 bits per heavy atom. The maximum Gasteiger partial charge on any atom is 0.321 e. The number of nitrogens with one attached hydrogen (secondary N) is 2. The second kappa shape index (κ2) is 6.80. The fraction of sp³-hybridized carbons (Fsp3) is 0.562. The van der Waals surface area contributed by atoms with Gasteiger partial charge in [-0.05, 0) is 33.6 Å². The minimum Gasteiger partial charge on any atom is -0.359 e. The number of anilines is 2. The van der Waals surface area contributed by atoms with Crippen molar-refractivity contribution in [3.63, 3.8) is 0 Å². The predicted octanol–water partition coefficient (Wildman–Crippen LogP) is 3.20. The van der Waals surface area contributed by atoms with Crippen molar-refractivity contribution < 1.29 is 4.79 Å². The SMILES string of the molecule is CC(C)(C)n1cc(NC(=O)N2CCC(Nc3nccs3)CC2)cn1. The molecule has 7 nitrogen and oxygen atoms in total. The van der Waals surface area contributed by atoms with Crippen LogP contribution in [-0.4, -0.2) is 44.8 Å². The number of hydrogen-bond acceptors (Lipinski definition) is 5. The first-order chi connectivity index (χ1) is 11.4. The predicted molar refractivity (Wildman–Crippen MR) is 96.6 cm³/mol. The third kappa shape index (κ3) is 4.05. The highest BCUT2D eigenvalue weighted by Crippen LogP contribution is 2.20. The lowest BCUT2D eigenvalue weighted by atomic mass is 10.1. The van der Waals surface area contributed by atoms with Crippen LogP contribution in [0.3, 0.4) is 0 Å². The van der Waals surface area contributed by atoms with E-state index in [9.17, 15) is 4.79 Å². The van der Waals surface area contributed by atoms with Crippen molar-refractivity contribution in [3.05, 3.63) is 24.0 Å². The maximum absolute atomic E-state index is 12.4. The lowest BCUT2D eigenvalue weighted by molar-refractivity contribution is 0.197. The Hall–Kier alpha value is -2.09. The Kier molecular flexibility index (Phi) is 4.75. The van der Waals surface area contributed by atoms with Crippen LogP contribution in [0.4, 0.5) is 15.6 Å². The zero-order chi connectivity index (χ0) is 17.2. The van der Waals surface area contributed by atoms with Gasteiger partial charge >= 0.3 is 6.03 Å². The summed E-state index contributed by atoms with van der Waals surface area (Å²) in [6, 6.07) is 0.319. The zero-order valence-electron chi connectivity index (χ0n) is 14.3. The molecule has 0 atom stereocenters. The third-order valence-corrected chi connectivity index (χ3v) is 4.77. The van der Waals surface area contributed by atoms with Crippen molar-refractivity contribution in [1.82, 2.24) is 19.7 Å². The average Bonchev–Trinajstić information content (AvgIpc) is 3.19. The van der Waals surface area contributed by atoms with E-state index in [0.717, 1.165) is 36.8 Å². The van der Waals surface area contributed by atoms with Crippen LogP contribution in [0.5, 0.6) is 0 Å². The van der Waals surface area contributed by atoms with Crippen molar-refractivity contribution in [2.24, 2.45) is 0 Å². The second-order valence-corrected chi connectivity index (χ2v) is 7.91. The normalized spacial score (nSPS) is 16.2. The minimum absolute atomic E-state index is 0.0591. The van der Waals surface area contributed by atoms with E-state index in [4.69, 9.17) is 0 Å². The highest BCUT2D eigenvalue weighted by Gasteiger charge is 2.23. The molecule has 2 aromatic heterocycles. The molecule has 3 heterocycles. The lowest BCUT2D eigenvalue weighted by Crippen LogP contribution is -2.44. The summed E-state index contributed by atoms with van der Waals surface area (Å²) in [7, 11) is 0. The Bertz CT molecular complexity index is 667. The van der Waals surface area contributed by atoms with Crippen molar-refractivity contribution in [3.8, 4) is 0 Å². The number of rotatable bonds is 3. The van der Waals surface area contributed by atoms with Crippen LogP contribution in [0.1, 0.15) is 33.6 Å². The van der Waals surface area contributed by atoms with Crippen LogP contribution in [0, 0.1) is 0 Å². The molecule has 0 aromatic carbocycles. The molecule has 0 spiro atoms. The number of thiazole rings is 1. The Labute approximate surface area is 146 Å². The van der Waals surface area contributed by atoms with Gasteiger partial charge in [0.2, 0.25) is 0 Å². The molecule has 2 amide bonds. The van der Waals surface area contributed by atoms with E-state index < -0.39 is 0 Å². The molecule has 1 aliphatic heterocycles. The molecule has 24 heavy (non-hydrogen) atoms. The summed E-state index contributed by atoms with van der Waals surface area (Å²) in [6.45, 7) is 7.70. The topological polar surface area (TPSA) is 75.1 Å². The van der Waals surface area contributed by atoms with Gasteiger partial charge in [-0.3, -0.25) is 4.68 Å². The minimum atomic E-state index is -0.0944. The molecule has 0 saturated carbocycles. The fourth-order valence-electron chi connectivity index (χ4n) is 2.65. The summed E-state index contributed by atoms with van der Waals surface area (Å²) in [6.07, 6.45) is 7.21. The Balaban J connectivity index is 1.49. The van der Waals surface area contributed by atoms with Gasteiger partial charge in [-0.15, -0.1) is 11.3 Å². The first kappa shape index (κ1) is 16.8. The van der Waals surface area contributed by atoms with Gasteiger partial charge in [0.1, 0.15) is 0 Å². The summed E-state index contributed by atoms with van der Waals surface area (Å²) in [5.41, 5.74) is 0.640. The van der Waals surface area contributed by atoms with E-state index >= 15 is 0 Å². The van der Waals surface area contributed by atoms with Crippen LogP contribution in [0.25, 0.3) is 0 Å². The van der Waals surface area contributed by atoms with Crippen molar-refractivity contribution >= 4 is 28.2 Å². The molecule has 1 saturated heterocycles. The van der Waals surface area contributed by atoms with Gasteiger partial charge in [0, 0.05) is 36.9 Å². The summed E-state index contributed by atoms with van der Waals surface area (Å²) in [5, 5.41) is 13.6. The van der Waals surface area contributed by atoms with E-state index in [1.165, 1.54) is 0 Å². The van der Waals surface area contributed by atoms with Crippen LogP contribution >= 0.6 is 11.3 Å². The molecular formula is C16H24N6OS. The third-order valence-electron chi connectivity index (χ3n) is 4.06. The van der Waals surface area contributed by atoms with Gasteiger partial charge in [0.15, 0.2) is 5.13 Å². The standard InChI is InChI=1S/C16H24N6OS/c1-16(2,3)22-11-13(10-18-22)20-15(23)21-7-4-12(5-8-21)19-14-17-6-9-24-14/h6,9-12H,4-5,7-8H2,1-3H3,(H,17,19)(H,20,23). The molecule has 130 valence electrons. The molecule has 0 unspecified atom stereocenters. The molecule has 2 aromatic rings. The van der Waals surface area contributed by atoms with Gasteiger partial charge in [-0.2, -0.15) is 5.10 Å². The second-order valence-electron chi connectivity index (χ2n) is 7.02. The first-order valence-corrected chi connectivity index (χ1v) is 9.07. The average molecular weight is 348 g/mol. The Morgan fingerprint density at radius 3 is 2.67 bits per heavy atom. The monoisotopic (exact) mass is 348 g/mol. The number of amides is 2. The maximum atomic E-state index is 12.4. The molecule has 1 aliphatic rings. The summed E-state index contributed by atoms with van der Waals surface area (Å²) < 4.78 is 1.85. The smallest absolute Gasteiger partial charge is 0.321 e. The van der Waals surface area contributed by atoms with E-state index in [1.54, 1.807) is 23.7 Å². The Morgan fingerprint density at radius 2 is 2.08 bits per heavy atom. The highest BCUT2D eigenvalue weighted by atomic mass is 32.1. The largest absolute Gasteiger partial charge is 0.359 e. The number of urea groups is 1. The zero-order valence-corrected chi connectivity index (χ0v) is 15.1. The van der Waals surface area contributed by atoms with Gasteiger partial charge in [0.25, 0.3) is 0 Å². The number of hydrogen-bond donors (Lipinski definition) is 2. The van der Waals surface area contributed by atoms with Crippen molar-refractivity contribution in [2.45, 2.75) is 45.2 Å². The summed E-state index contributed by atoms with van der Waals surface area (Å²) in [4.78, 5) is 18.5. The number of carbonyl (C=O) groups excluding carboxylic acids is 1. The highest BCUT2D eigenvalue weighted by molar-refractivity contribution is 7.13. The van der Waals surface area contributed by atoms with E-state index in [2.05, 4.69) is 41.5 Å². The molecule has 3 rings (SSSR count). The van der Waals surface area contributed by atoms with Crippen molar-refractivity contribution in [2.75, 3.05) is 23.7 Å². The van der Waals surface area contributed by atoms with Gasteiger partial charge < -0.3 is 15.5 Å². The first-order valence-electron chi connectivity index (χ1n) is 8.19. The summed E-state index contributed by atoms with van der Waals surface area (Å²) >= 11 is 1.61. The van der Waals surface area contributed by atoms with Gasteiger partial charge in [-0.1, -0.05) is 0 Å². The molecule has 0 bridgehead atoms. The fourth-order valence-corrected chi connectivity index (χ4v) is 3.26.